The van der Waals surface area contributed by atoms with Gasteiger partial charge in [0.25, 0.3) is 0 Å². The van der Waals surface area contributed by atoms with Crippen LogP contribution in [0.3, 0.4) is 0 Å². The Hall–Kier alpha value is -0.570. The van der Waals surface area contributed by atoms with E-state index in [9.17, 15) is 9.90 Å². The van der Waals surface area contributed by atoms with Crippen LogP contribution in [0.4, 0.5) is 0 Å². The van der Waals surface area contributed by atoms with Crippen molar-refractivity contribution in [2.45, 2.75) is 72.4 Å². The Morgan fingerprint density at radius 2 is 1.82 bits per heavy atom. The number of hydrogen-bond acceptors (Lipinski definition) is 2. The van der Waals surface area contributed by atoms with Gasteiger partial charge in [-0.15, -0.1) is 0 Å². The highest BCUT2D eigenvalue weighted by molar-refractivity contribution is 5.78. The van der Waals surface area contributed by atoms with E-state index in [1.165, 1.54) is 0 Å². The molecule has 0 radical (unpaired) electrons. The second-order valence-electron chi connectivity index (χ2n) is 5.80. The summed E-state index contributed by atoms with van der Waals surface area (Å²) >= 11 is 0. The van der Waals surface area contributed by atoms with Gasteiger partial charge < -0.3 is 5.11 Å². The van der Waals surface area contributed by atoms with Crippen molar-refractivity contribution in [1.82, 2.24) is 4.90 Å². The van der Waals surface area contributed by atoms with Gasteiger partial charge >= 0.3 is 5.97 Å². The van der Waals surface area contributed by atoms with Gasteiger partial charge in [-0.05, 0) is 52.5 Å². The molecule has 0 heterocycles. The van der Waals surface area contributed by atoms with Crippen LogP contribution in [0, 0.1) is 5.92 Å². The Balaban J connectivity index is 4.93. The molecule has 3 nitrogen and oxygen atoms in total. The number of hydrogen-bond donors (Lipinski definition) is 1. The van der Waals surface area contributed by atoms with Crippen LogP contribution < -0.4 is 0 Å². The standard InChI is InChI=1S/C14H29NO2/c1-7-10-15(12(4)5)14(6,13(16)17)9-8-11(2)3/h11-12H,7-10H2,1-6H3,(H,16,17). The summed E-state index contributed by atoms with van der Waals surface area (Å²) in [7, 11) is 0. The van der Waals surface area contributed by atoms with Gasteiger partial charge in [0, 0.05) is 6.04 Å². The molecule has 0 amide bonds. The first-order valence-corrected chi connectivity index (χ1v) is 6.75. The number of aliphatic carboxylic acids is 1. The summed E-state index contributed by atoms with van der Waals surface area (Å²) in [6.07, 6.45) is 2.66. The summed E-state index contributed by atoms with van der Waals surface area (Å²) in [6, 6.07) is 0.267. The van der Waals surface area contributed by atoms with E-state index in [0.29, 0.717) is 5.92 Å². The number of carboxylic acid groups (broad SMARTS) is 1. The monoisotopic (exact) mass is 243 g/mol. The Kier molecular flexibility index (Phi) is 6.76. The van der Waals surface area contributed by atoms with Crippen LogP contribution in [0.5, 0.6) is 0 Å². The van der Waals surface area contributed by atoms with Crippen molar-refractivity contribution in [3.63, 3.8) is 0 Å². The number of carboxylic acids is 1. The molecule has 0 saturated carbocycles. The fraction of sp³-hybridized carbons (Fsp3) is 0.929. The van der Waals surface area contributed by atoms with Crippen molar-refractivity contribution >= 4 is 5.97 Å². The maximum Gasteiger partial charge on any atom is 0.323 e. The Morgan fingerprint density at radius 1 is 1.29 bits per heavy atom. The van der Waals surface area contributed by atoms with Crippen molar-refractivity contribution in [2.75, 3.05) is 6.54 Å². The molecule has 1 unspecified atom stereocenters. The second kappa shape index (κ2) is 7.00. The second-order valence-corrected chi connectivity index (χ2v) is 5.80. The number of nitrogens with zero attached hydrogens (tertiary/aromatic N) is 1. The average Bonchev–Trinajstić information content (AvgIpc) is 2.21. The summed E-state index contributed by atoms with van der Waals surface area (Å²) in [6.45, 7) is 13.2. The lowest BCUT2D eigenvalue weighted by Gasteiger charge is -2.41. The molecule has 0 aliphatic rings. The van der Waals surface area contributed by atoms with Gasteiger partial charge in [-0.25, -0.2) is 0 Å². The summed E-state index contributed by atoms with van der Waals surface area (Å²) in [4.78, 5) is 13.7. The van der Waals surface area contributed by atoms with Crippen LogP contribution in [-0.4, -0.2) is 34.1 Å². The molecule has 1 atom stereocenters. The van der Waals surface area contributed by atoms with Crippen LogP contribution in [0.1, 0.15) is 60.8 Å². The molecule has 0 bridgehead atoms. The van der Waals surface area contributed by atoms with E-state index in [1.807, 2.05) is 6.92 Å². The Morgan fingerprint density at radius 3 is 2.12 bits per heavy atom. The van der Waals surface area contributed by atoms with Crippen molar-refractivity contribution in [1.29, 1.82) is 0 Å². The zero-order chi connectivity index (χ0) is 13.6. The summed E-state index contributed by atoms with van der Waals surface area (Å²) in [5, 5.41) is 9.55. The Bertz CT molecular complexity index is 238. The number of rotatable bonds is 8. The molecule has 1 N–H and O–H groups in total. The van der Waals surface area contributed by atoms with E-state index in [-0.39, 0.29) is 6.04 Å². The molecular weight excluding hydrogens is 214 g/mol. The maximum absolute atomic E-state index is 11.6. The van der Waals surface area contributed by atoms with E-state index in [1.54, 1.807) is 0 Å². The van der Waals surface area contributed by atoms with Gasteiger partial charge in [0.05, 0.1) is 0 Å². The molecule has 0 spiro atoms. The molecule has 0 aromatic carbocycles. The zero-order valence-electron chi connectivity index (χ0n) is 12.3. The lowest BCUT2D eigenvalue weighted by Crippen LogP contribution is -2.55. The van der Waals surface area contributed by atoms with Gasteiger partial charge in [-0.1, -0.05) is 20.8 Å². The van der Waals surface area contributed by atoms with Gasteiger partial charge in [0.1, 0.15) is 5.54 Å². The highest BCUT2D eigenvalue weighted by atomic mass is 16.4. The highest BCUT2D eigenvalue weighted by Gasteiger charge is 2.39. The van der Waals surface area contributed by atoms with Crippen molar-refractivity contribution < 1.29 is 9.90 Å². The van der Waals surface area contributed by atoms with Gasteiger partial charge in [-0.3, -0.25) is 9.69 Å². The molecule has 0 aromatic rings. The summed E-state index contributed by atoms with van der Waals surface area (Å²) < 4.78 is 0. The lowest BCUT2D eigenvalue weighted by molar-refractivity contribution is -0.152. The molecule has 0 rings (SSSR count). The summed E-state index contributed by atoms with van der Waals surface area (Å²) in [5.74, 6) is -0.149. The first-order valence-electron chi connectivity index (χ1n) is 6.75. The fourth-order valence-corrected chi connectivity index (χ4v) is 2.26. The first-order chi connectivity index (χ1) is 7.75. The average molecular weight is 243 g/mol. The molecule has 0 aromatic heterocycles. The SMILES string of the molecule is CCCN(C(C)C)C(C)(CCC(C)C)C(=O)O. The highest BCUT2D eigenvalue weighted by Crippen LogP contribution is 2.26. The van der Waals surface area contributed by atoms with Crippen LogP contribution in [-0.2, 0) is 4.79 Å². The quantitative estimate of drug-likeness (QED) is 0.710. The topological polar surface area (TPSA) is 40.5 Å². The molecule has 0 aliphatic heterocycles. The molecule has 102 valence electrons. The summed E-state index contributed by atoms with van der Waals surface area (Å²) in [5.41, 5.74) is -0.728. The molecule has 17 heavy (non-hydrogen) atoms. The predicted octanol–water partition coefficient (Wildman–Crippen LogP) is 3.39. The van der Waals surface area contributed by atoms with E-state index < -0.39 is 11.5 Å². The molecule has 0 fully saturated rings. The molecular formula is C14H29NO2. The molecule has 0 saturated heterocycles. The van der Waals surface area contributed by atoms with Crippen molar-refractivity contribution in [3.8, 4) is 0 Å². The Labute approximate surface area is 106 Å². The van der Waals surface area contributed by atoms with Gasteiger partial charge in [0.15, 0.2) is 0 Å². The lowest BCUT2D eigenvalue weighted by atomic mass is 9.89. The third-order valence-electron chi connectivity index (χ3n) is 3.39. The van der Waals surface area contributed by atoms with Gasteiger partial charge in [0.2, 0.25) is 0 Å². The minimum atomic E-state index is -0.728. The smallest absolute Gasteiger partial charge is 0.323 e. The van der Waals surface area contributed by atoms with Gasteiger partial charge in [-0.2, -0.15) is 0 Å². The normalized spacial score (nSPS) is 15.6. The zero-order valence-corrected chi connectivity index (χ0v) is 12.3. The van der Waals surface area contributed by atoms with Crippen LogP contribution in [0.15, 0.2) is 0 Å². The first kappa shape index (κ1) is 16.4. The van der Waals surface area contributed by atoms with E-state index in [4.69, 9.17) is 0 Å². The van der Waals surface area contributed by atoms with Crippen molar-refractivity contribution in [3.05, 3.63) is 0 Å². The third kappa shape index (κ3) is 4.66. The van der Waals surface area contributed by atoms with Crippen molar-refractivity contribution in [2.24, 2.45) is 5.92 Å². The van der Waals surface area contributed by atoms with E-state index >= 15 is 0 Å². The van der Waals surface area contributed by atoms with E-state index in [2.05, 4.69) is 39.5 Å². The molecule has 0 aliphatic carbocycles. The van der Waals surface area contributed by atoms with E-state index in [0.717, 1.165) is 25.8 Å². The third-order valence-corrected chi connectivity index (χ3v) is 3.39. The minimum Gasteiger partial charge on any atom is -0.480 e. The maximum atomic E-state index is 11.6. The predicted molar refractivity (Wildman–Crippen MR) is 72.2 cm³/mol. The van der Waals surface area contributed by atoms with Crippen LogP contribution in [0.25, 0.3) is 0 Å². The van der Waals surface area contributed by atoms with Crippen LogP contribution in [0.2, 0.25) is 0 Å². The molecule has 3 heteroatoms. The fourth-order valence-electron chi connectivity index (χ4n) is 2.26. The largest absolute Gasteiger partial charge is 0.480 e. The minimum absolute atomic E-state index is 0.267. The van der Waals surface area contributed by atoms with Crippen LogP contribution >= 0.6 is 0 Å². The number of carbonyl (C=O) groups is 1.